The molecule has 136 valence electrons. The zero-order chi connectivity index (χ0) is 18.7. The second kappa shape index (κ2) is 5.67. The van der Waals surface area contributed by atoms with Crippen LogP contribution in [0.3, 0.4) is 0 Å². The highest BCUT2D eigenvalue weighted by molar-refractivity contribution is 5.89. The molecule has 0 bridgehead atoms. The minimum Gasteiger partial charge on any atom is -0.348 e. The van der Waals surface area contributed by atoms with Gasteiger partial charge in [-0.05, 0) is 42.3 Å². The average Bonchev–Trinajstić information content (AvgIpc) is 3.32. The van der Waals surface area contributed by atoms with E-state index >= 15 is 0 Å². The number of hydrogen-bond acceptors (Lipinski definition) is 2. The molecule has 5 rings (SSSR count). The molecule has 0 aliphatic carbocycles. The van der Waals surface area contributed by atoms with Crippen molar-refractivity contribution in [3.63, 3.8) is 0 Å². The second-order valence-corrected chi connectivity index (χ2v) is 7.20. The summed E-state index contributed by atoms with van der Waals surface area (Å²) in [5, 5.41) is 0. The first-order valence-corrected chi connectivity index (χ1v) is 9.02. The molecule has 0 N–H and O–H groups in total. The van der Waals surface area contributed by atoms with Gasteiger partial charge in [-0.25, -0.2) is 9.37 Å². The van der Waals surface area contributed by atoms with Gasteiger partial charge in [-0.2, -0.15) is 0 Å². The summed E-state index contributed by atoms with van der Waals surface area (Å²) in [5.41, 5.74) is 5.98. The third kappa shape index (κ3) is 2.29. The molecule has 3 heterocycles. The van der Waals surface area contributed by atoms with E-state index in [9.17, 15) is 9.18 Å². The number of likely N-dealkylation sites (N-methyl/N-ethyl adjacent to an activating group) is 1. The van der Waals surface area contributed by atoms with Crippen LogP contribution in [-0.4, -0.2) is 38.9 Å². The number of aryl methyl sites for hydroxylation is 2. The number of imidazole rings is 2. The van der Waals surface area contributed by atoms with Crippen LogP contribution in [0.4, 0.5) is 4.39 Å². The summed E-state index contributed by atoms with van der Waals surface area (Å²) in [4.78, 5) is 19.0. The summed E-state index contributed by atoms with van der Waals surface area (Å²) >= 11 is 0. The number of rotatable bonds is 3. The SMILES string of the molecule is CN(C)C(=O)Cc1c(-c2ccc(F)cc2)nc2n3c4c(cccc4n12)CC3. The Morgan fingerprint density at radius 3 is 2.70 bits per heavy atom. The zero-order valence-electron chi connectivity index (χ0n) is 15.2. The topological polar surface area (TPSA) is 42.5 Å². The molecule has 4 aromatic rings. The molecule has 1 aliphatic heterocycles. The number of hydrogen-bond donors (Lipinski definition) is 0. The highest BCUT2D eigenvalue weighted by atomic mass is 19.1. The van der Waals surface area contributed by atoms with Crippen molar-refractivity contribution >= 4 is 22.7 Å². The van der Waals surface area contributed by atoms with Gasteiger partial charge in [0.1, 0.15) is 5.82 Å². The first-order valence-electron chi connectivity index (χ1n) is 9.02. The second-order valence-electron chi connectivity index (χ2n) is 7.20. The van der Waals surface area contributed by atoms with E-state index in [0.717, 1.165) is 41.2 Å². The summed E-state index contributed by atoms with van der Waals surface area (Å²) in [7, 11) is 3.51. The van der Waals surface area contributed by atoms with Gasteiger partial charge in [0.15, 0.2) is 0 Å². The molecule has 1 aliphatic rings. The Balaban J connectivity index is 1.82. The van der Waals surface area contributed by atoms with Gasteiger partial charge in [-0.15, -0.1) is 0 Å². The van der Waals surface area contributed by atoms with Crippen molar-refractivity contribution in [1.82, 2.24) is 18.9 Å². The molecular weight excluding hydrogens is 343 g/mol. The third-order valence-corrected chi connectivity index (χ3v) is 5.35. The maximum atomic E-state index is 13.4. The summed E-state index contributed by atoms with van der Waals surface area (Å²) in [6.45, 7) is 0.882. The number of para-hydroxylation sites is 1. The lowest BCUT2D eigenvalue weighted by Gasteiger charge is -2.11. The monoisotopic (exact) mass is 362 g/mol. The van der Waals surface area contributed by atoms with Crippen molar-refractivity contribution in [3.05, 3.63) is 59.5 Å². The number of aromatic nitrogens is 3. The van der Waals surface area contributed by atoms with Crippen molar-refractivity contribution in [2.75, 3.05) is 14.1 Å². The first kappa shape index (κ1) is 16.1. The fourth-order valence-electron chi connectivity index (χ4n) is 3.99. The van der Waals surface area contributed by atoms with Crippen LogP contribution < -0.4 is 0 Å². The highest BCUT2D eigenvalue weighted by Gasteiger charge is 2.26. The molecule has 6 heteroatoms. The van der Waals surface area contributed by atoms with Gasteiger partial charge >= 0.3 is 0 Å². The maximum absolute atomic E-state index is 13.4. The number of amides is 1. The molecule has 5 nitrogen and oxygen atoms in total. The fraction of sp³-hybridized carbons (Fsp3) is 0.238. The molecule has 0 radical (unpaired) electrons. The Morgan fingerprint density at radius 1 is 1.19 bits per heavy atom. The van der Waals surface area contributed by atoms with E-state index in [-0.39, 0.29) is 18.1 Å². The maximum Gasteiger partial charge on any atom is 0.228 e. The quantitative estimate of drug-likeness (QED) is 0.561. The Bertz CT molecular complexity index is 1200. The smallest absolute Gasteiger partial charge is 0.228 e. The van der Waals surface area contributed by atoms with Crippen molar-refractivity contribution in [1.29, 1.82) is 0 Å². The molecule has 0 fully saturated rings. The van der Waals surface area contributed by atoms with Crippen LogP contribution in [0.5, 0.6) is 0 Å². The van der Waals surface area contributed by atoms with Crippen molar-refractivity contribution in [3.8, 4) is 11.3 Å². The number of halogens is 1. The zero-order valence-corrected chi connectivity index (χ0v) is 15.2. The van der Waals surface area contributed by atoms with Gasteiger partial charge in [0.25, 0.3) is 0 Å². The van der Waals surface area contributed by atoms with Crippen LogP contribution in [0.2, 0.25) is 0 Å². The lowest BCUT2D eigenvalue weighted by Crippen LogP contribution is -2.24. The van der Waals surface area contributed by atoms with Gasteiger partial charge in [0.05, 0.1) is 28.8 Å². The van der Waals surface area contributed by atoms with Gasteiger partial charge in [-0.1, -0.05) is 12.1 Å². The lowest BCUT2D eigenvalue weighted by atomic mass is 10.1. The van der Waals surface area contributed by atoms with Crippen LogP contribution in [0.25, 0.3) is 28.1 Å². The standard InChI is InChI=1S/C21H19FN4O/c1-24(2)18(27)12-17-19(13-6-8-15(22)9-7-13)23-21-25-11-10-14-4-3-5-16(20(14)25)26(17)21/h3-9H,10-12H2,1-2H3. The molecule has 0 saturated carbocycles. The summed E-state index contributed by atoms with van der Waals surface area (Å²) < 4.78 is 17.7. The van der Waals surface area contributed by atoms with E-state index in [1.165, 1.54) is 23.2 Å². The van der Waals surface area contributed by atoms with Gasteiger partial charge < -0.3 is 9.47 Å². The van der Waals surface area contributed by atoms with Crippen LogP contribution in [-0.2, 0) is 24.2 Å². The summed E-state index contributed by atoms with van der Waals surface area (Å²) in [6, 6.07) is 12.6. The normalized spacial score (nSPS) is 13.0. The largest absolute Gasteiger partial charge is 0.348 e. The number of carbonyl (C=O) groups excluding carboxylic acids is 1. The van der Waals surface area contributed by atoms with Gasteiger partial charge in [-0.3, -0.25) is 9.20 Å². The van der Waals surface area contributed by atoms with Crippen LogP contribution >= 0.6 is 0 Å². The first-order chi connectivity index (χ1) is 13.0. The molecule has 0 saturated heterocycles. The van der Waals surface area contributed by atoms with E-state index < -0.39 is 0 Å². The molecule has 0 spiro atoms. The van der Waals surface area contributed by atoms with Crippen LogP contribution in [0, 0.1) is 5.82 Å². The average molecular weight is 362 g/mol. The van der Waals surface area contributed by atoms with Crippen LogP contribution in [0.15, 0.2) is 42.5 Å². The third-order valence-electron chi connectivity index (χ3n) is 5.35. The number of fused-ring (bicyclic) bond motifs is 3. The van der Waals surface area contributed by atoms with Gasteiger partial charge in [0.2, 0.25) is 11.7 Å². The molecule has 1 amide bonds. The molecule has 2 aromatic heterocycles. The Labute approximate surface area is 155 Å². The minimum absolute atomic E-state index is 0.00859. The predicted molar refractivity (Wildman–Crippen MR) is 102 cm³/mol. The highest BCUT2D eigenvalue weighted by Crippen LogP contribution is 2.34. The Morgan fingerprint density at radius 2 is 1.96 bits per heavy atom. The fourth-order valence-corrected chi connectivity index (χ4v) is 3.99. The molecular formula is C21H19FN4O. The molecule has 0 atom stereocenters. The molecule has 27 heavy (non-hydrogen) atoms. The summed E-state index contributed by atoms with van der Waals surface area (Å²) in [6.07, 6.45) is 1.23. The Hall–Kier alpha value is -3.15. The molecule has 0 unspecified atom stereocenters. The Kier molecular flexibility index (Phi) is 3.37. The van der Waals surface area contributed by atoms with Gasteiger partial charge in [0, 0.05) is 26.2 Å². The van der Waals surface area contributed by atoms with Crippen molar-refractivity contribution < 1.29 is 9.18 Å². The predicted octanol–water partition coefficient (Wildman–Crippen LogP) is 3.28. The minimum atomic E-state index is -0.286. The van der Waals surface area contributed by atoms with E-state index in [4.69, 9.17) is 4.98 Å². The number of carbonyl (C=O) groups is 1. The number of nitrogens with zero attached hydrogens (tertiary/aromatic N) is 4. The number of benzene rings is 2. The van der Waals surface area contributed by atoms with Crippen molar-refractivity contribution in [2.45, 2.75) is 19.4 Å². The van der Waals surface area contributed by atoms with E-state index in [1.54, 1.807) is 31.1 Å². The van der Waals surface area contributed by atoms with Crippen molar-refractivity contribution in [2.24, 2.45) is 0 Å². The lowest BCUT2D eigenvalue weighted by molar-refractivity contribution is -0.128. The van der Waals surface area contributed by atoms with E-state index in [1.807, 2.05) is 0 Å². The van der Waals surface area contributed by atoms with E-state index in [0.29, 0.717) is 0 Å². The van der Waals surface area contributed by atoms with Crippen LogP contribution in [0.1, 0.15) is 11.3 Å². The van der Waals surface area contributed by atoms with E-state index in [2.05, 4.69) is 27.2 Å². The summed E-state index contributed by atoms with van der Waals surface area (Å²) in [5.74, 6) is 0.566. The molecule has 2 aromatic carbocycles.